The van der Waals surface area contributed by atoms with Gasteiger partial charge >= 0.3 is 6.18 Å². The van der Waals surface area contributed by atoms with Crippen molar-refractivity contribution in [2.75, 3.05) is 30.0 Å². The molecule has 0 bridgehead atoms. The molecule has 0 saturated carbocycles. The Labute approximate surface area is 203 Å². The van der Waals surface area contributed by atoms with Crippen molar-refractivity contribution in [2.24, 2.45) is 0 Å². The second-order valence-electron chi connectivity index (χ2n) is 8.48. The Morgan fingerprint density at radius 2 is 1.97 bits per heavy atom. The van der Waals surface area contributed by atoms with Crippen molar-refractivity contribution in [1.82, 2.24) is 24.5 Å². The van der Waals surface area contributed by atoms with Gasteiger partial charge in [0.25, 0.3) is 5.56 Å². The van der Waals surface area contributed by atoms with Crippen molar-refractivity contribution in [2.45, 2.75) is 44.8 Å². The lowest BCUT2D eigenvalue weighted by Crippen LogP contribution is -2.37. The van der Waals surface area contributed by atoms with Crippen LogP contribution in [-0.4, -0.2) is 44.7 Å². The largest absolute Gasteiger partial charge is 0.418 e. The summed E-state index contributed by atoms with van der Waals surface area (Å²) < 4.78 is 49.2. The molecule has 0 spiro atoms. The molecule has 0 amide bonds. The van der Waals surface area contributed by atoms with E-state index >= 15 is 0 Å². The fraction of sp³-hybridized carbons (Fsp3) is 0.455. The molecule has 1 fully saturated rings. The predicted molar refractivity (Wildman–Crippen MR) is 123 cm³/mol. The van der Waals surface area contributed by atoms with Gasteiger partial charge in [0.05, 0.1) is 29.7 Å². The van der Waals surface area contributed by atoms with E-state index in [4.69, 9.17) is 16.3 Å². The standard InChI is InChI=1S/C22H23ClF3N7O2/c1-30(15-7-3-2-6-14(15)22(24,25)26)21-29-28-17-13-31(9-10-32(17)21)16-12-27-33(20(34)19(16)23)18-8-4-5-11-35-18/h2-3,6-7,12,18H,4-5,8-11,13H2,1H3. The van der Waals surface area contributed by atoms with E-state index in [1.165, 1.54) is 28.8 Å². The summed E-state index contributed by atoms with van der Waals surface area (Å²) in [4.78, 5) is 16.1. The molecular weight excluding hydrogens is 487 g/mol. The number of halogens is 4. The average Bonchev–Trinajstić information content (AvgIpc) is 3.28. The van der Waals surface area contributed by atoms with E-state index < -0.39 is 23.5 Å². The number of alkyl halides is 3. The van der Waals surface area contributed by atoms with Crippen LogP contribution in [0.5, 0.6) is 0 Å². The van der Waals surface area contributed by atoms with Crippen molar-refractivity contribution in [1.29, 1.82) is 0 Å². The van der Waals surface area contributed by atoms with Gasteiger partial charge in [0, 0.05) is 26.7 Å². The maximum atomic E-state index is 13.5. The lowest BCUT2D eigenvalue weighted by atomic mass is 10.1. The van der Waals surface area contributed by atoms with Gasteiger partial charge in [-0.25, -0.2) is 0 Å². The SMILES string of the molecule is CN(c1ccccc1C(F)(F)F)c1nnc2n1CCN(c1cnn(C3CCCCO3)c(=O)c1Cl)C2. The number of ether oxygens (including phenoxy) is 1. The minimum atomic E-state index is -4.50. The zero-order valence-corrected chi connectivity index (χ0v) is 19.6. The topological polar surface area (TPSA) is 81.3 Å². The number of hydrogen-bond acceptors (Lipinski definition) is 7. The monoisotopic (exact) mass is 509 g/mol. The molecule has 186 valence electrons. The Morgan fingerprint density at radius 1 is 1.17 bits per heavy atom. The first-order chi connectivity index (χ1) is 16.8. The zero-order chi connectivity index (χ0) is 24.7. The third-order valence-electron chi connectivity index (χ3n) is 6.30. The molecule has 0 N–H and O–H groups in total. The average molecular weight is 510 g/mol. The summed E-state index contributed by atoms with van der Waals surface area (Å²) in [5, 5.41) is 12.7. The second-order valence-corrected chi connectivity index (χ2v) is 8.86. The highest BCUT2D eigenvalue weighted by Gasteiger charge is 2.35. The summed E-state index contributed by atoms with van der Waals surface area (Å²) in [6, 6.07) is 5.34. The Morgan fingerprint density at radius 3 is 2.71 bits per heavy atom. The van der Waals surface area contributed by atoms with Crippen LogP contribution in [0.3, 0.4) is 0 Å². The highest BCUT2D eigenvalue weighted by Crippen LogP contribution is 2.38. The van der Waals surface area contributed by atoms with E-state index in [0.29, 0.717) is 43.6 Å². The van der Waals surface area contributed by atoms with Gasteiger partial charge in [-0.1, -0.05) is 23.7 Å². The quantitative estimate of drug-likeness (QED) is 0.526. The molecule has 2 aliphatic rings. The summed E-state index contributed by atoms with van der Waals surface area (Å²) in [6.07, 6.45) is -0.790. The normalized spacial score (nSPS) is 18.4. The van der Waals surface area contributed by atoms with Gasteiger partial charge in [0.1, 0.15) is 5.02 Å². The molecule has 2 aliphatic heterocycles. The van der Waals surface area contributed by atoms with Gasteiger partial charge in [-0.15, -0.1) is 10.2 Å². The number of aromatic nitrogens is 5. The first kappa shape index (κ1) is 23.6. The number of anilines is 3. The predicted octanol–water partition coefficient (Wildman–Crippen LogP) is 3.99. The van der Waals surface area contributed by atoms with Crippen LogP contribution in [0.25, 0.3) is 0 Å². The van der Waals surface area contributed by atoms with Crippen molar-refractivity contribution in [3.05, 3.63) is 57.2 Å². The number of benzene rings is 1. The van der Waals surface area contributed by atoms with Gasteiger partial charge in [-0.2, -0.15) is 23.0 Å². The smallest absolute Gasteiger partial charge is 0.360 e. The van der Waals surface area contributed by atoms with Gasteiger partial charge in [0.15, 0.2) is 12.1 Å². The van der Waals surface area contributed by atoms with E-state index in [1.807, 2.05) is 4.90 Å². The maximum Gasteiger partial charge on any atom is 0.418 e. The van der Waals surface area contributed by atoms with Crippen molar-refractivity contribution in [3.8, 4) is 0 Å². The number of nitrogens with zero attached hydrogens (tertiary/aromatic N) is 7. The van der Waals surface area contributed by atoms with Crippen molar-refractivity contribution < 1.29 is 17.9 Å². The van der Waals surface area contributed by atoms with Crippen LogP contribution in [0.4, 0.5) is 30.5 Å². The molecule has 0 radical (unpaired) electrons. The molecule has 1 unspecified atom stereocenters. The Balaban J connectivity index is 1.40. The molecule has 0 aliphatic carbocycles. The van der Waals surface area contributed by atoms with Crippen molar-refractivity contribution in [3.63, 3.8) is 0 Å². The number of fused-ring (bicyclic) bond motifs is 1. The van der Waals surface area contributed by atoms with Crippen LogP contribution in [0, 0.1) is 0 Å². The van der Waals surface area contributed by atoms with E-state index in [9.17, 15) is 18.0 Å². The first-order valence-electron chi connectivity index (χ1n) is 11.2. The summed E-state index contributed by atoms with van der Waals surface area (Å²) in [5.74, 6) is 0.837. The van der Waals surface area contributed by atoms with E-state index in [2.05, 4.69) is 15.3 Å². The molecule has 1 atom stereocenters. The lowest BCUT2D eigenvalue weighted by molar-refractivity contribution is -0.137. The molecule has 2 aromatic heterocycles. The minimum absolute atomic E-state index is 0.0154. The first-order valence-corrected chi connectivity index (χ1v) is 11.6. The number of hydrogen-bond donors (Lipinski definition) is 0. The van der Waals surface area contributed by atoms with Gasteiger partial charge in [0.2, 0.25) is 5.95 Å². The third-order valence-corrected chi connectivity index (χ3v) is 6.65. The number of para-hydroxylation sites is 1. The summed E-state index contributed by atoms with van der Waals surface area (Å²) in [5.41, 5.74) is -0.723. The van der Waals surface area contributed by atoms with Gasteiger partial charge in [-0.05, 0) is 31.4 Å². The van der Waals surface area contributed by atoms with Crippen LogP contribution in [0.2, 0.25) is 5.02 Å². The Hall–Kier alpha value is -3.12. The highest BCUT2D eigenvalue weighted by atomic mass is 35.5. The molecule has 13 heteroatoms. The number of rotatable bonds is 4. The molecule has 4 heterocycles. The molecule has 3 aromatic rings. The second kappa shape index (κ2) is 9.15. The van der Waals surface area contributed by atoms with E-state index in [0.717, 1.165) is 18.9 Å². The fourth-order valence-corrected chi connectivity index (χ4v) is 4.74. The molecule has 1 aromatic carbocycles. The molecule has 1 saturated heterocycles. The maximum absolute atomic E-state index is 13.5. The van der Waals surface area contributed by atoms with Crippen LogP contribution < -0.4 is 15.4 Å². The Bertz CT molecular complexity index is 1290. The van der Waals surface area contributed by atoms with Crippen LogP contribution in [0.15, 0.2) is 35.3 Å². The zero-order valence-electron chi connectivity index (χ0n) is 18.9. The third kappa shape index (κ3) is 4.36. The van der Waals surface area contributed by atoms with E-state index in [1.54, 1.807) is 16.8 Å². The fourth-order valence-electron chi connectivity index (χ4n) is 4.49. The van der Waals surface area contributed by atoms with Gasteiger partial charge in [-0.3, -0.25) is 9.36 Å². The highest BCUT2D eigenvalue weighted by molar-refractivity contribution is 6.33. The van der Waals surface area contributed by atoms with Crippen LogP contribution in [0.1, 0.15) is 36.9 Å². The lowest BCUT2D eigenvalue weighted by Gasteiger charge is -2.31. The van der Waals surface area contributed by atoms with E-state index in [-0.39, 0.29) is 17.3 Å². The molecule has 9 nitrogen and oxygen atoms in total. The summed E-state index contributed by atoms with van der Waals surface area (Å²) in [6.45, 7) is 1.68. The Kier molecular flexibility index (Phi) is 6.18. The summed E-state index contributed by atoms with van der Waals surface area (Å²) >= 11 is 6.45. The van der Waals surface area contributed by atoms with Crippen LogP contribution >= 0.6 is 11.6 Å². The molecular formula is C22H23ClF3N7O2. The molecule has 35 heavy (non-hydrogen) atoms. The van der Waals surface area contributed by atoms with Crippen LogP contribution in [-0.2, 0) is 24.0 Å². The minimum Gasteiger partial charge on any atom is -0.360 e. The summed E-state index contributed by atoms with van der Waals surface area (Å²) in [7, 11) is 1.53. The van der Waals surface area contributed by atoms with Crippen molar-refractivity contribution >= 4 is 28.9 Å². The molecule has 5 rings (SSSR count). The van der Waals surface area contributed by atoms with Gasteiger partial charge < -0.3 is 14.5 Å².